The van der Waals surface area contributed by atoms with Gasteiger partial charge in [-0.1, -0.05) is 41.5 Å². The molecular formula is C19H31N5O5Si. The minimum atomic E-state index is -2.74. The summed E-state index contributed by atoms with van der Waals surface area (Å²) in [6.45, 7) is 13.2. The maximum atomic E-state index is 11.2. The number of hydrogen-bond donors (Lipinski definition) is 2. The molecule has 4 atom stereocenters. The Morgan fingerprint density at radius 1 is 1.20 bits per heavy atom. The molecule has 2 saturated heterocycles. The van der Waals surface area contributed by atoms with Crippen molar-refractivity contribution in [2.24, 2.45) is 0 Å². The van der Waals surface area contributed by atoms with Crippen molar-refractivity contribution in [3.63, 3.8) is 0 Å². The number of aliphatic hydroxyl groups excluding tert-OH is 1. The van der Waals surface area contributed by atoms with Crippen LogP contribution in [-0.2, 0) is 13.6 Å². The largest absolute Gasteiger partial charge is 0.479 e. The van der Waals surface area contributed by atoms with E-state index in [0.29, 0.717) is 17.8 Å². The summed E-state index contributed by atoms with van der Waals surface area (Å²) in [5, 5.41) is 10.9. The maximum absolute atomic E-state index is 11.2. The Balaban J connectivity index is 1.71. The lowest BCUT2D eigenvalue weighted by atomic mass is 10.1. The third-order valence-electron chi connectivity index (χ3n) is 5.91. The van der Waals surface area contributed by atoms with Crippen LogP contribution in [0.2, 0.25) is 10.1 Å². The standard InChI is InChI=1S/C19H31N5O5Si/c1-18(2,3)30(19(4,5)6)27-8-10-13(29-30)12(25)16(28-10)24-9-21-11-14(24)22-17(20)23-15(11)26-7/h9-10,12-13,16,25H,8H2,1-7H3,(H2,20,22,23)/t10-,12-,13-,16-/m1/s1. The van der Waals surface area contributed by atoms with E-state index in [1.165, 1.54) is 7.11 Å². The zero-order chi connectivity index (χ0) is 22.1. The van der Waals surface area contributed by atoms with E-state index in [2.05, 4.69) is 56.5 Å². The molecule has 11 heteroatoms. The number of imidazole rings is 1. The van der Waals surface area contributed by atoms with Gasteiger partial charge < -0.3 is 29.2 Å². The Morgan fingerprint density at radius 3 is 2.47 bits per heavy atom. The topological polar surface area (TPSA) is 127 Å². The van der Waals surface area contributed by atoms with E-state index in [4.69, 9.17) is 24.1 Å². The van der Waals surface area contributed by atoms with Gasteiger partial charge in [-0.3, -0.25) is 4.57 Å². The normalized spacial score (nSPS) is 29.2. The number of aliphatic hydroxyl groups is 1. The van der Waals surface area contributed by atoms with Gasteiger partial charge in [0.2, 0.25) is 11.8 Å². The number of anilines is 1. The van der Waals surface area contributed by atoms with Crippen LogP contribution in [0.5, 0.6) is 5.88 Å². The van der Waals surface area contributed by atoms with Crippen molar-refractivity contribution in [1.29, 1.82) is 0 Å². The summed E-state index contributed by atoms with van der Waals surface area (Å²) in [4.78, 5) is 12.7. The number of fused-ring (bicyclic) bond motifs is 2. The van der Waals surface area contributed by atoms with Crippen molar-refractivity contribution in [2.45, 2.75) is 76.2 Å². The molecule has 0 spiro atoms. The Morgan fingerprint density at radius 2 is 1.87 bits per heavy atom. The summed E-state index contributed by atoms with van der Waals surface area (Å²) < 4.78 is 26.2. The first kappa shape index (κ1) is 21.4. The number of nitrogen functional groups attached to an aromatic ring is 1. The number of nitrogens with zero attached hydrogens (tertiary/aromatic N) is 4. The molecule has 10 nitrogen and oxygen atoms in total. The van der Waals surface area contributed by atoms with Crippen LogP contribution in [0.3, 0.4) is 0 Å². The summed E-state index contributed by atoms with van der Waals surface area (Å²) in [5.41, 5.74) is 6.70. The summed E-state index contributed by atoms with van der Waals surface area (Å²) in [7, 11) is -1.25. The molecule has 0 amide bonds. The highest BCUT2D eigenvalue weighted by Gasteiger charge is 2.65. The zero-order valence-corrected chi connectivity index (χ0v) is 19.5. The summed E-state index contributed by atoms with van der Waals surface area (Å²) in [6, 6.07) is 0. The molecule has 30 heavy (non-hydrogen) atoms. The second-order valence-electron chi connectivity index (χ2n) is 9.98. The molecule has 2 aliphatic heterocycles. The molecule has 3 N–H and O–H groups in total. The predicted octanol–water partition coefficient (Wildman–Crippen LogP) is 2.13. The average molecular weight is 438 g/mol. The van der Waals surface area contributed by atoms with Gasteiger partial charge in [-0.25, -0.2) is 4.98 Å². The summed E-state index contributed by atoms with van der Waals surface area (Å²) >= 11 is 0. The molecule has 2 aromatic rings. The van der Waals surface area contributed by atoms with Crippen LogP contribution in [0.4, 0.5) is 5.95 Å². The number of rotatable bonds is 2. The van der Waals surface area contributed by atoms with Crippen LogP contribution in [0.15, 0.2) is 6.33 Å². The minimum absolute atomic E-state index is 0.0532. The van der Waals surface area contributed by atoms with Gasteiger partial charge in [-0.05, 0) is 0 Å². The Labute approximate surface area is 177 Å². The van der Waals surface area contributed by atoms with Gasteiger partial charge in [0.25, 0.3) is 0 Å². The lowest BCUT2D eigenvalue weighted by Gasteiger charge is -2.53. The molecular weight excluding hydrogens is 406 g/mol. The number of aromatic nitrogens is 4. The molecule has 0 bridgehead atoms. The molecule has 2 fully saturated rings. The molecule has 0 radical (unpaired) electrons. The number of ether oxygens (including phenoxy) is 2. The van der Waals surface area contributed by atoms with E-state index < -0.39 is 33.1 Å². The van der Waals surface area contributed by atoms with Crippen LogP contribution >= 0.6 is 0 Å². The van der Waals surface area contributed by atoms with E-state index in [0.717, 1.165) is 0 Å². The van der Waals surface area contributed by atoms with Crippen molar-refractivity contribution in [1.82, 2.24) is 19.5 Å². The first-order chi connectivity index (χ1) is 13.9. The fourth-order valence-electron chi connectivity index (χ4n) is 4.80. The van der Waals surface area contributed by atoms with Crippen molar-refractivity contribution < 1.29 is 23.4 Å². The zero-order valence-electron chi connectivity index (χ0n) is 18.5. The molecule has 0 saturated carbocycles. The van der Waals surface area contributed by atoms with E-state index in [-0.39, 0.29) is 21.9 Å². The molecule has 0 unspecified atom stereocenters. The number of nitrogens with two attached hydrogens (primary N) is 1. The SMILES string of the molecule is COc1nc(N)nc2c1ncn2[C@@H]1O[C@@H]2CO[Si](C(C)(C)C)(C(C)(C)C)O[C@H]2[C@H]1O. The lowest BCUT2D eigenvalue weighted by molar-refractivity contribution is -0.0795. The van der Waals surface area contributed by atoms with Gasteiger partial charge >= 0.3 is 8.56 Å². The van der Waals surface area contributed by atoms with Crippen LogP contribution in [0, 0.1) is 0 Å². The van der Waals surface area contributed by atoms with Crippen molar-refractivity contribution in [3.05, 3.63) is 6.33 Å². The van der Waals surface area contributed by atoms with Gasteiger partial charge in [0.05, 0.1) is 20.0 Å². The fraction of sp³-hybridized carbons (Fsp3) is 0.737. The molecule has 4 rings (SSSR count). The third-order valence-corrected chi connectivity index (χ3v) is 11.0. The molecule has 0 aromatic carbocycles. The molecule has 166 valence electrons. The quantitative estimate of drug-likeness (QED) is 0.679. The van der Waals surface area contributed by atoms with Crippen molar-refractivity contribution in [2.75, 3.05) is 19.5 Å². The average Bonchev–Trinajstić information content (AvgIpc) is 3.19. The highest BCUT2D eigenvalue weighted by molar-refractivity contribution is 6.73. The van der Waals surface area contributed by atoms with Crippen molar-refractivity contribution >= 4 is 25.7 Å². The van der Waals surface area contributed by atoms with Crippen LogP contribution in [0.25, 0.3) is 11.2 Å². The van der Waals surface area contributed by atoms with Crippen molar-refractivity contribution in [3.8, 4) is 5.88 Å². The molecule has 4 heterocycles. The fourth-order valence-corrected chi connectivity index (χ4v) is 9.77. The van der Waals surface area contributed by atoms with Gasteiger partial charge in [-0.2, -0.15) is 9.97 Å². The highest BCUT2D eigenvalue weighted by atomic mass is 28.4. The maximum Gasteiger partial charge on any atom is 0.349 e. The lowest BCUT2D eigenvalue weighted by Crippen LogP contribution is -2.65. The van der Waals surface area contributed by atoms with Gasteiger partial charge in [0, 0.05) is 10.1 Å². The van der Waals surface area contributed by atoms with Crippen LogP contribution in [-0.4, -0.2) is 65.2 Å². The molecule has 0 aliphatic carbocycles. The van der Waals surface area contributed by atoms with Gasteiger partial charge in [-0.15, -0.1) is 0 Å². The van der Waals surface area contributed by atoms with E-state index in [1.54, 1.807) is 10.9 Å². The van der Waals surface area contributed by atoms with E-state index in [1.807, 2.05) is 0 Å². The highest BCUT2D eigenvalue weighted by Crippen LogP contribution is 2.55. The Hall–Kier alpha value is -1.79. The first-order valence-electron chi connectivity index (χ1n) is 10.1. The van der Waals surface area contributed by atoms with E-state index in [9.17, 15) is 5.11 Å². The van der Waals surface area contributed by atoms with Crippen LogP contribution in [0.1, 0.15) is 47.8 Å². The first-order valence-corrected chi connectivity index (χ1v) is 11.9. The second-order valence-corrected chi connectivity index (χ2v) is 14.7. The Kier molecular flexibility index (Phi) is 4.90. The Bertz CT molecular complexity index is 939. The second kappa shape index (κ2) is 6.86. The third kappa shape index (κ3) is 3.02. The number of hydrogen-bond acceptors (Lipinski definition) is 9. The number of methoxy groups -OCH3 is 1. The van der Waals surface area contributed by atoms with Crippen LogP contribution < -0.4 is 10.5 Å². The molecule has 2 aromatic heterocycles. The smallest absolute Gasteiger partial charge is 0.349 e. The minimum Gasteiger partial charge on any atom is -0.479 e. The predicted molar refractivity (Wildman–Crippen MR) is 112 cm³/mol. The summed E-state index contributed by atoms with van der Waals surface area (Å²) in [6.07, 6.45) is -1.01. The van der Waals surface area contributed by atoms with Gasteiger partial charge in [0.15, 0.2) is 17.4 Å². The summed E-state index contributed by atoms with van der Waals surface area (Å²) in [5.74, 6) is 0.324. The molecule has 2 aliphatic rings. The monoisotopic (exact) mass is 437 g/mol. The van der Waals surface area contributed by atoms with Gasteiger partial charge in [0.1, 0.15) is 18.3 Å². The van der Waals surface area contributed by atoms with E-state index >= 15 is 0 Å².